The molecule has 4 aromatic rings. The van der Waals surface area contributed by atoms with E-state index in [2.05, 4.69) is 47.9 Å². The van der Waals surface area contributed by atoms with E-state index in [1.807, 2.05) is 24.3 Å². The first-order chi connectivity index (χ1) is 15.7. The number of ether oxygens (including phenoxy) is 1. The topological polar surface area (TPSA) is 114 Å². The standard InChI is InChI=1S/C21H18N8O2S/c1-31-17-8-5-14(6-9-17)12-28-25-21(24-26-28)29-20(30)11-16(23-27-29)7-10-19-22-18(13-32-19)15-3-2-4-15/h5-6,8-9,11,13,15H,2-4,12H2,1H3. The maximum Gasteiger partial charge on any atom is 0.295 e. The van der Waals surface area contributed by atoms with Crippen LogP contribution in [0.15, 0.2) is 40.5 Å². The Morgan fingerprint density at radius 3 is 2.72 bits per heavy atom. The van der Waals surface area contributed by atoms with Gasteiger partial charge in [0.15, 0.2) is 5.01 Å². The minimum atomic E-state index is -0.442. The highest BCUT2D eigenvalue weighted by Crippen LogP contribution is 2.36. The van der Waals surface area contributed by atoms with E-state index in [9.17, 15) is 4.79 Å². The van der Waals surface area contributed by atoms with Crippen LogP contribution in [0.4, 0.5) is 0 Å². The molecule has 1 aliphatic carbocycles. The van der Waals surface area contributed by atoms with E-state index in [1.165, 1.54) is 41.5 Å². The molecular weight excluding hydrogens is 428 g/mol. The minimum absolute atomic E-state index is 0.0422. The van der Waals surface area contributed by atoms with Crippen LogP contribution >= 0.6 is 11.3 Å². The molecule has 0 spiro atoms. The van der Waals surface area contributed by atoms with Crippen molar-refractivity contribution in [3.05, 3.63) is 68.0 Å². The highest BCUT2D eigenvalue weighted by atomic mass is 32.1. The Balaban J connectivity index is 1.29. The first-order valence-corrected chi connectivity index (χ1v) is 10.9. The van der Waals surface area contributed by atoms with Crippen LogP contribution in [0.1, 0.15) is 47.1 Å². The smallest absolute Gasteiger partial charge is 0.295 e. The van der Waals surface area contributed by atoms with Crippen molar-refractivity contribution in [1.82, 2.24) is 40.2 Å². The molecule has 0 N–H and O–H groups in total. The average molecular weight is 446 g/mol. The second-order valence-electron chi connectivity index (χ2n) is 7.29. The van der Waals surface area contributed by atoms with Crippen LogP contribution in [0.2, 0.25) is 0 Å². The van der Waals surface area contributed by atoms with Gasteiger partial charge < -0.3 is 4.74 Å². The average Bonchev–Trinajstić information content (AvgIpc) is 3.42. The van der Waals surface area contributed by atoms with Crippen molar-refractivity contribution in [3.8, 4) is 23.5 Å². The second kappa shape index (κ2) is 8.68. The Morgan fingerprint density at radius 1 is 1.16 bits per heavy atom. The fraction of sp³-hybridized carbons (Fsp3) is 0.286. The van der Waals surface area contributed by atoms with Crippen molar-refractivity contribution in [2.45, 2.75) is 31.7 Å². The van der Waals surface area contributed by atoms with E-state index in [1.54, 1.807) is 7.11 Å². The fourth-order valence-corrected chi connectivity index (χ4v) is 3.92. The summed E-state index contributed by atoms with van der Waals surface area (Å²) in [5.41, 5.74) is 1.89. The summed E-state index contributed by atoms with van der Waals surface area (Å²) >= 11 is 1.50. The highest BCUT2D eigenvalue weighted by Gasteiger charge is 2.21. The van der Waals surface area contributed by atoms with E-state index in [0.717, 1.165) is 21.7 Å². The van der Waals surface area contributed by atoms with Gasteiger partial charge in [-0.3, -0.25) is 4.79 Å². The summed E-state index contributed by atoms with van der Waals surface area (Å²) in [4.78, 5) is 18.4. The summed E-state index contributed by atoms with van der Waals surface area (Å²) in [6.07, 6.45) is 3.65. The summed E-state index contributed by atoms with van der Waals surface area (Å²) in [5.74, 6) is 7.19. The summed E-state index contributed by atoms with van der Waals surface area (Å²) in [6, 6.07) is 8.80. The van der Waals surface area contributed by atoms with Gasteiger partial charge in [-0.05, 0) is 47.6 Å². The van der Waals surface area contributed by atoms with Gasteiger partial charge in [-0.15, -0.1) is 26.2 Å². The third-order valence-electron chi connectivity index (χ3n) is 5.17. The predicted molar refractivity (Wildman–Crippen MR) is 116 cm³/mol. The molecule has 0 aliphatic heterocycles. The molecule has 0 saturated heterocycles. The van der Waals surface area contributed by atoms with Gasteiger partial charge in [-0.1, -0.05) is 28.9 Å². The Kier molecular flexibility index (Phi) is 5.43. The molecule has 11 heteroatoms. The van der Waals surface area contributed by atoms with Crippen LogP contribution in [0, 0.1) is 11.8 Å². The normalized spacial score (nSPS) is 13.3. The molecule has 1 aromatic carbocycles. The number of tetrazole rings is 1. The number of thiazole rings is 1. The van der Waals surface area contributed by atoms with Crippen molar-refractivity contribution >= 4 is 11.3 Å². The van der Waals surface area contributed by atoms with Crippen LogP contribution in [-0.4, -0.2) is 47.3 Å². The number of rotatable bonds is 5. The number of methoxy groups -OCH3 is 1. The van der Waals surface area contributed by atoms with Gasteiger partial charge in [-0.2, -0.15) is 4.80 Å². The van der Waals surface area contributed by atoms with Crippen molar-refractivity contribution in [1.29, 1.82) is 0 Å². The summed E-state index contributed by atoms with van der Waals surface area (Å²) in [6.45, 7) is 0.388. The maximum atomic E-state index is 12.5. The number of hydrogen-bond donors (Lipinski definition) is 0. The molecule has 0 unspecified atom stereocenters. The van der Waals surface area contributed by atoms with Crippen LogP contribution in [0.25, 0.3) is 5.95 Å². The summed E-state index contributed by atoms with van der Waals surface area (Å²) in [7, 11) is 1.61. The van der Waals surface area contributed by atoms with Crippen LogP contribution in [0.3, 0.4) is 0 Å². The molecule has 3 heterocycles. The van der Waals surface area contributed by atoms with Gasteiger partial charge >= 0.3 is 0 Å². The molecule has 0 radical (unpaired) electrons. The van der Waals surface area contributed by atoms with Crippen LogP contribution in [-0.2, 0) is 6.54 Å². The number of hydrogen-bond acceptors (Lipinski definition) is 9. The summed E-state index contributed by atoms with van der Waals surface area (Å²) in [5, 5.41) is 22.8. The first-order valence-electron chi connectivity index (χ1n) is 10.0. The van der Waals surface area contributed by atoms with Crippen molar-refractivity contribution < 1.29 is 4.74 Å². The Morgan fingerprint density at radius 2 is 2.00 bits per heavy atom. The van der Waals surface area contributed by atoms with E-state index in [0.29, 0.717) is 17.5 Å². The molecule has 10 nitrogen and oxygen atoms in total. The Labute approximate surface area is 186 Å². The van der Waals surface area contributed by atoms with E-state index in [-0.39, 0.29) is 11.6 Å². The molecule has 1 saturated carbocycles. The molecule has 1 fully saturated rings. The van der Waals surface area contributed by atoms with Gasteiger partial charge in [0.25, 0.3) is 11.5 Å². The lowest BCUT2D eigenvalue weighted by Crippen LogP contribution is -2.23. The van der Waals surface area contributed by atoms with E-state index in [4.69, 9.17) is 4.74 Å². The van der Waals surface area contributed by atoms with Crippen molar-refractivity contribution in [3.63, 3.8) is 0 Å². The zero-order valence-corrected chi connectivity index (χ0v) is 18.0. The van der Waals surface area contributed by atoms with E-state index >= 15 is 0 Å². The second-order valence-corrected chi connectivity index (χ2v) is 8.15. The highest BCUT2D eigenvalue weighted by molar-refractivity contribution is 7.10. The van der Waals surface area contributed by atoms with Crippen LogP contribution < -0.4 is 10.3 Å². The minimum Gasteiger partial charge on any atom is -0.497 e. The van der Waals surface area contributed by atoms with Gasteiger partial charge in [0, 0.05) is 17.4 Å². The molecule has 0 amide bonds. The number of nitrogens with zero attached hydrogens (tertiary/aromatic N) is 8. The molecular formula is C21H18N8O2S. The van der Waals surface area contributed by atoms with Crippen molar-refractivity contribution in [2.75, 3.05) is 7.11 Å². The fourth-order valence-electron chi connectivity index (χ4n) is 3.18. The van der Waals surface area contributed by atoms with Gasteiger partial charge in [0.05, 0.1) is 19.3 Å². The SMILES string of the molecule is COc1ccc(Cn2nnc(-n3nnc(C#Cc4nc(C5CCC5)cs4)cc3=O)n2)cc1. The number of aromatic nitrogens is 8. The van der Waals surface area contributed by atoms with Gasteiger partial charge in [0.1, 0.15) is 11.4 Å². The van der Waals surface area contributed by atoms with Crippen LogP contribution in [0.5, 0.6) is 5.75 Å². The third-order valence-corrected chi connectivity index (χ3v) is 5.94. The third kappa shape index (κ3) is 4.26. The number of benzene rings is 1. The predicted octanol–water partition coefficient (Wildman–Crippen LogP) is 1.79. The zero-order valence-electron chi connectivity index (χ0n) is 17.2. The quantitative estimate of drug-likeness (QED) is 0.427. The first kappa shape index (κ1) is 20.0. The lowest BCUT2D eigenvalue weighted by Gasteiger charge is -2.22. The molecule has 3 aromatic heterocycles. The molecule has 5 rings (SSSR count). The molecule has 32 heavy (non-hydrogen) atoms. The van der Waals surface area contributed by atoms with E-state index < -0.39 is 5.56 Å². The Bertz CT molecular complexity index is 1360. The molecule has 0 bridgehead atoms. The Hall–Kier alpha value is -3.91. The monoisotopic (exact) mass is 446 g/mol. The molecule has 160 valence electrons. The van der Waals surface area contributed by atoms with Crippen molar-refractivity contribution in [2.24, 2.45) is 0 Å². The maximum absolute atomic E-state index is 12.5. The largest absolute Gasteiger partial charge is 0.497 e. The van der Waals surface area contributed by atoms with Gasteiger partial charge in [0.2, 0.25) is 0 Å². The molecule has 0 atom stereocenters. The summed E-state index contributed by atoms with van der Waals surface area (Å²) < 4.78 is 6.13. The zero-order chi connectivity index (χ0) is 21.9. The molecule has 1 aliphatic rings. The van der Waals surface area contributed by atoms with Gasteiger partial charge in [-0.25, -0.2) is 4.98 Å². The lowest BCUT2D eigenvalue weighted by atomic mass is 9.83. The lowest BCUT2D eigenvalue weighted by molar-refractivity contribution is 0.412.